The van der Waals surface area contributed by atoms with Gasteiger partial charge in [0.05, 0.1) is 17.1 Å². The molecule has 0 aliphatic heterocycles. The number of aromatic nitrogens is 2. The first-order valence-electron chi connectivity index (χ1n) is 9.27. The Hall–Kier alpha value is -3.16. The molecule has 0 spiro atoms. The van der Waals surface area contributed by atoms with Gasteiger partial charge in [0.25, 0.3) is 0 Å². The van der Waals surface area contributed by atoms with Crippen LogP contribution < -0.4 is 5.32 Å². The summed E-state index contributed by atoms with van der Waals surface area (Å²) in [5, 5.41) is 16.2. The van der Waals surface area contributed by atoms with E-state index in [1.165, 1.54) is 11.3 Å². The van der Waals surface area contributed by atoms with Gasteiger partial charge in [-0.05, 0) is 17.7 Å². The third kappa shape index (κ3) is 4.37. The van der Waals surface area contributed by atoms with E-state index < -0.39 is 17.9 Å². The lowest BCUT2D eigenvalue weighted by Gasteiger charge is -2.14. The number of fused-ring (bicyclic) bond motifs is 1. The van der Waals surface area contributed by atoms with E-state index in [0.29, 0.717) is 10.7 Å². The topological polar surface area (TPSA) is 95.1 Å². The summed E-state index contributed by atoms with van der Waals surface area (Å²) < 4.78 is 0. The Balaban J connectivity index is 1.44. The van der Waals surface area contributed by atoms with Crippen molar-refractivity contribution in [3.05, 3.63) is 76.4 Å². The molecular weight excluding hydrogens is 422 g/mol. The van der Waals surface area contributed by atoms with Crippen molar-refractivity contribution in [3.8, 4) is 10.6 Å². The quantitative estimate of drug-likeness (QED) is 0.400. The maximum atomic E-state index is 12.5. The lowest BCUT2D eigenvalue weighted by atomic mass is 10.0. The van der Waals surface area contributed by atoms with Crippen LogP contribution in [0.1, 0.15) is 11.3 Å². The van der Waals surface area contributed by atoms with Crippen molar-refractivity contribution >= 4 is 45.7 Å². The van der Waals surface area contributed by atoms with Gasteiger partial charge in [-0.15, -0.1) is 11.3 Å². The van der Waals surface area contributed by atoms with Crippen LogP contribution in [-0.2, 0) is 22.4 Å². The van der Waals surface area contributed by atoms with Gasteiger partial charge < -0.3 is 15.4 Å². The Bertz CT molecular complexity index is 1220. The van der Waals surface area contributed by atoms with Gasteiger partial charge in [0.15, 0.2) is 0 Å². The number of halogens is 1. The Morgan fingerprint density at radius 1 is 1.17 bits per heavy atom. The molecule has 0 bridgehead atoms. The average Bonchev–Trinajstić information content (AvgIpc) is 3.35. The van der Waals surface area contributed by atoms with E-state index in [4.69, 9.17) is 11.6 Å². The number of H-pyrrole nitrogens is 1. The zero-order valence-corrected chi connectivity index (χ0v) is 17.3. The molecule has 1 atom stereocenters. The highest BCUT2D eigenvalue weighted by Gasteiger charge is 2.22. The summed E-state index contributed by atoms with van der Waals surface area (Å²) in [6.45, 7) is 0. The summed E-state index contributed by atoms with van der Waals surface area (Å²) in [5.74, 6) is -1.47. The molecule has 0 saturated heterocycles. The maximum Gasteiger partial charge on any atom is 0.326 e. The van der Waals surface area contributed by atoms with Crippen molar-refractivity contribution in [2.45, 2.75) is 18.9 Å². The lowest BCUT2D eigenvalue weighted by Crippen LogP contribution is -2.43. The number of nitrogens with one attached hydrogen (secondary N) is 2. The van der Waals surface area contributed by atoms with Crippen molar-refractivity contribution in [1.82, 2.24) is 15.3 Å². The van der Waals surface area contributed by atoms with Crippen molar-refractivity contribution in [2.24, 2.45) is 0 Å². The molecule has 0 radical (unpaired) electrons. The van der Waals surface area contributed by atoms with E-state index in [1.54, 1.807) is 17.6 Å². The van der Waals surface area contributed by atoms with Crippen LogP contribution in [0.25, 0.3) is 21.5 Å². The number of para-hydroxylation sites is 1. The summed E-state index contributed by atoms with van der Waals surface area (Å²) in [5.41, 5.74) is 3.15. The fourth-order valence-corrected chi connectivity index (χ4v) is 4.42. The first kappa shape index (κ1) is 20.1. The van der Waals surface area contributed by atoms with E-state index >= 15 is 0 Å². The van der Waals surface area contributed by atoms with Crippen molar-refractivity contribution in [3.63, 3.8) is 0 Å². The molecule has 0 aliphatic carbocycles. The lowest BCUT2D eigenvalue weighted by molar-refractivity contribution is -0.141. The molecule has 0 aliphatic rings. The number of hydrogen-bond donors (Lipinski definition) is 3. The van der Waals surface area contributed by atoms with Crippen LogP contribution >= 0.6 is 22.9 Å². The minimum atomic E-state index is -1.08. The fraction of sp³-hybridized carbons (Fsp3) is 0.136. The number of aliphatic carboxylic acids is 1. The molecule has 8 heteroatoms. The second-order valence-electron chi connectivity index (χ2n) is 6.82. The van der Waals surface area contributed by atoms with E-state index in [1.807, 2.05) is 42.5 Å². The molecule has 30 heavy (non-hydrogen) atoms. The van der Waals surface area contributed by atoms with Crippen molar-refractivity contribution < 1.29 is 14.7 Å². The molecular formula is C22H18ClN3O3S. The molecule has 1 amide bonds. The summed E-state index contributed by atoms with van der Waals surface area (Å²) in [6.07, 6.45) is 1.97. The number of rotatable bonds is 7. The molecule has 4 aromatic rings. The van der Waals surface area contributed by atoms with E-state index in [-0.39, 0.29) is 12.8 Å². The highest BCUT2D eigenvalue weighted by Crippen LogP contribution is 2.30. The van der Waals surface area contributed by atoms with Gasteiger partial charge in [-0.25, -0.2) is 9.78 Å². The second kappa shape index (κ2) is 8.69. The molecule has 152 valence electrons. The number of thiazole rings is 1. The number of carboxylic acid groups (broad SMARTS) is 1. The number of aromatic amines is 1. The van der Waals surface area contributed by atoms with Gasteiger partial charge in [-0.1, -0.05) is 48.0 Å². The van der Waals surface area contributed by atoms with Crippen LogP contribution in [0.5, 0.6) is 0 Å². The van der Waals surface area contributed by atoms with Crippen LogP contribution in [0, 0.1) is 0 Å². The summed E-state index contributed by atoms with van der Waals surface area (Å²) >= 11 is 7.60. The normalized spacial score (nSPS) is 12.0. The fourth-order valence-electron chi connectivity index (χ4n) is 3.28. The molecule has 0 unspecified atom stereocenters. The predicted molar refractivity (Wildman–Crippen MR) is 118 cm³/mol. The summed E-state index contributed by atoms with van der Waals surface area (Å²) in [4.78, 5) is 31.8. The minimum absolute atomic E-state index is 0.00137. The van der Waals surface area contributed by atoms with Crippen molar-refractivity contribution in [1.29, 1.82) is 0 Å². The number of hydrogen-bond acceptors (Lipinski definition) is 4. The Labute approximate surface area is 181 Å². The summed E-state index contributed by atoms with van der Waals surface area (Å²) in [7, 11) is 0. The molecule has 3 N–H and O–H groups in total. The predicted octanol–water partition coefficient (Wildman–Crippen LogP) is 4.30. The first-order chi connectivity index (χ1) is 14.5. The van der Waals surface area contributed by atoms with E-state index in [2.05, 4.69) is 15.3 Å². The number of benzene rings is 2. The maximum absolute atomic E-state index is 12.5. The Kier molecular flexibility index (Phi) is 5.83. The van der Waals surface area contributed by atoms with Gasteiger partial charge in [0.2, 0.25) is 5.91 Å². The van der Waals surface area contributed by atoms with Crippen LogP contribution in [0.2, 0.25) is 5.02 Å². The zero-order valence-electron chi connectivity index (χ0n) is 15.8. The van der Waals surface area contributed by atoms with Gasteiger partial charge in [-0.3, -0.25) is 4.79 Å². The number of nitrogens with zero attached hydrogens (tertiary/aromatic N) is 1. The monoisotopic (exact) mass is 439 g/mol. The van der Waals surface area contributed by atoms with Crippen LogP contribution in [0.15, 0.2) is 60.1 Å². The largest absolute Gasteiger partial charge is 0.480 e. The van der Waals surface area contributed by atoms with Crippen LogP contribution in [0.3, 0.4) is 0 Å². The molecule has 2 heterocycles. The third-order valence-electron chi connectivity index (χ3n) is 4.73. The Morgan fingerprint density at radius 3 is 2.73 bits per heavy atom. The molecule has 0 fully saturated rings. The summed E-state index contributed by atoms with van der Waals surface area (Å²) in [6, 6.07) is 14.0. The highest BCUT2D eigenvalue weighted by atomic mass is 35.5. The molecule has 4 rings (SSSR count). The number of amides is 1. The smallest absolute Gasteiger partial charge is 0.326 e. The zero-order chi connectivity index (χ0) is 21.1. The van der Waals surface area contributed by atoms with Gasteiger partial charge in [-0.2, -0.15) is 0 Å². The number of carboxylic acids is 1. The van der Waals surface area contributed by atoms with E-state index in [0.717, 1.165) is 27.0 Å². The molecule has 2 aromatic heterocycles. The number of carbonyl (C=O) groups excluding carboxylic acids is 1. The van der Waals surface area contributed by atoms with Gasteiger partial charge >= 0.3 is 5.97 Å². The number of carbonyl (C=O) groups is 2. The van der Waals surface area contributed by atoms with Crippen molar-refractivity contribution in [2.75, 3.05) is 0 Å². The van der Waals surface area contributed by atoms with Crippen LogP contribution in [0.4, 0.5) is 0 Å². The second-order valence-corrected chi connectivity index (χ2v) is 8.09. The van der Waals surface area contributed by atoms with Gasteiger partial charge in [0.1, 0.15) is 11.0 Å². The Morgan fingerprint density at radius 2 is 1.93 bits per heavy atom. The SMILES string of the molecule is O=C(Cc1csc(-c2ccccc2Cl)n1)N[C@H](Cc1c[nH]c2ccccc12)C(=O)O. The third-order valence-corrected chi connectivity index (χ3v) is 5.98. The molecule has 2 aromatic carbocycles. The average molecular weight is 440 g/mol. The minimum Gasteiger partial charge on any atom is -0.480 e. The first-order valence-corrected chi connectivity index (χ1v) is 10.5. The van der Waals surface area contributed by atoms with E-state index in [9.17, 15) is 14.7 Å². The molecule has 0 saturated carbocycles. The standard InChI is InChI=1S/C22H18ClN3O3S/c23-17-7-3-1-6-16(17)21-25-14(12-30-21)10-20(27)26-19(22(28)29)9-13-11-24-18-8-4-2-5-15(13)18/h1-8,11-12,19,24H,9-10H2,(H,26,27)(H,28,29)/t19-/m1/s1. The van der Waals surface area contributed by atoms with Crippen LogP contribution in [-0.4, -0.2) is 33.0 Å². The molecule has 6 nitrogen and oxygen atoms in total. The highest BCUT2D eigenvalue weighted by molar-refractivity contribution is 7.13. The van der Waals surface area contributed by atoms with Gasteiger partial charge in [0, 0.05) is 34.5 Å².